The number of carbonyl (C=O) groups is 2. The highest BCUT2D eigenvalue weighted by Gasteiger charge is 2.12. The summed E-state index contributed by atoms with van der Waals surface area (Å²) in [5, 5.41) is 0. The Bertz CT molecular complexity index is 869. The summed E-state index contributed by atoms with van der Waals surface area (Å²) in [5.41, 5.74) is 3.09. The lowest BCUT2D eigenvalue weighted by Gasteiger charge is -2.06. The third-order valence-corrected chi connectivity index (χ3v) is 4.45. The second kappa shape index (κ2) is 8.07. The van der Waals surface area contributed by atoms with Gasteiger partial charge in [0.25, 0.3) is 0 Å². The van der Waals surface area contributed by atoms with E-state index < -0.39 is 5.97 Å². The number of ether oxygens (including phenoxy) is 1. The molecule has 0 aliphatic heterocycles. The predicted molar refractivity (Wildman–Crippen MR) is 106 cm³/mol. The molecule has 25 heavy (non-hydrogen) atoms. The van der Waals surface area contributed by atoms with E-state index in [-0.39, 0.29) is 12.4 Å². The fourth-order valence-corrected chi connectivity index (χ4v) is 2.72. The van der Waals surface area contributed by atoms with E-state index in [2.05, 4.69) is 22.6 Å². The zero-order valence-electron chi connectivity index (χ0n) is 13.3. The van der Waals surface area contributed by atoms with Crippen LogP contribution in [0.3, 0.4) is 0 Å². The molecule has 0 bridgehead atoms. The summed E-state index contributed by atoms with van der Waals surface area (Å²) in [6.07, 6.45) is 0. The largest absolute Gasteiger partial charge is 0.454 e. The number of halogens is 1. The normalized spacial score (nSPS) is 10.3. The number of rotatable bonds is 5. The van der Waals surface area contributed by atoms with Crippen molar-refractivity contribution < 1.29 is 14.3 Å². The molecule has 0 unspecified atom stereocenters. The van der Waals surface area contributed by atoms with Gasteiger partial charge in [0, 0.05) is 9.13 Å². The maximum absolute atomic E-state index is 12.2. The molecule has 3 rings (SSSR count). The maximum Gasteiger partial charge on any atom is 0.338 e. The van der Waals surface area contributed by atoms with Crippen molar-refractivity contribution in [3.63, 3.8) is 0 Å². The molecule has 0 atom stereocenters. The van der Waals surface area contributed by atoms with Gasteiger partial charge in [-0.3, -0.25) is 4.79 Å². The Labute approximate surface area is 159 Å². The van der Waals surface area contributed by atoms with Crippen molar-refractivity contribution in [2.75, 3.05) is 6.61 Å². The van der Waals surface area contributed by atoms with Gasteiger partial charge >= 0.3 is 5.97 Å². The molecule has 3 aromatic carbocycles. The van der Waals surface area contributed by atoms with Crippen molar-refractivity contribution in [2.45, 2.75) is 0 Å². The number of ketones is 1. The number of hydrogen-bond acceptors (Lipinski definition) is 3. The van der Waals surface area contributed by atoms with Crippen LogP contribution >= 0.6 is 22.6 Å². The minimum Gasteiger partial charge on any atom is -0.454 e. The van der Waals surface area contributed by atoms with Gasteiger partial charge in [-0.2, -0.15) is 0 Å². The van der Waals surface area contributed by atoms with Crippen LogP contribution in [0.2, 0.25) is 0 Å². The van der Waals surface area contributed by atoms with Gasteiger partial charge in [-0.15, -0.1) is 0 Å². The summed E-state index contributed by atoms with van der Waals surface area (Å²) in [6, 6.07) is 24.2. The standard InChI is InChI=1S/C21H15IO3/c22-19-12-10-18(11-13-19)21(24)25-14-20(23)17-8-6-16(7-9-17)15-4-2-1-3-5-15/h1-13H,14H2. The number of hydrogen-bond donors (Lipinski definition) is 0. The molecule has 4 heteroatoms. The van der Waals surface area contributed by atoms with Crippen molar-refractivity contribution >= 4 is 34.3 Å². The van der Waals surface area contributed by atoms with Crippen LogP contribution < -0.4 is 0 Å². The van der Waals surface area contributed by atoms with Crippen LogP contribution in [-0.4, -0.2) is 18.4 Å². The summed E-state index contributed by atoms with van der Waals surface area (Å²) < 4.78 is 6.14. The third kappa shape index (κ3) is 4.54. The quantitative estimate of drug-likeness (QED) is 0.318. The average molecular weight is 442 g/mol. The molecule has 0 saturated carbocycles. The molecule has 0 aliphatic rings. The zero-order valence-corrected chi connectivity index (χ0v) is 15.5. The third-order valence-electron chi connectivity index (χ3n) is 3.73. The highest BCUT2D eigenvalue weighted by Crippen LogP contribution is 2.19. The van der Waals surface area contributed by atoms with E-state index in [0.29, 0.717) is 11.1 Å². The van der Waals surface area contributed by atoms with Crippen LogP contribution in [0.5, 0.6) is 0 Å². The van der Waals surface area contributed by atoms with E-state index in [4.69, 9.17) is 4.74 Å². The Morgan fingerprint density at radius 2 is 1.28 bits per heavy atom. The van der Waals surface area contributed by atoms with Gasteiger partial charge < -0.3 is 4.74 Å². The molecule has 3 nitrogen and oxygen atoms in total. The van der Waals surface area contributed by atoms with Crippen LogP contribution in [0.1, 0.15) is 20.7 Å². The highest BCUT2D eigenvalue weighted by atomic mass is 127. The number of esters is 1. The van der Waals surface area contributed by atoms with Gasteiger partial charge in [0.05, 0.1) is 5.56 Å². The minimum atomic E-state index is -0.495. The summed E-state index contributed by atoms with van der Waals surface area (Å²) in [7, 11) is 0. The second-order valence-electron chi connectivity index (χ2n) is 5.45. The van der Waals surface area contributed by atoms with Crippen molar-refractivity contribution in [2.24, 2.45) is 0 Å². The zero-order chi connectivity index (χ0) is 17.6. The molecule has 0 spiro atoms. The van der Waals surface area contributed by atoms with E-state index in [9.17, 15) is 9.59 Å². The van der Waals surface area contributed by atoms with Gasteiger partial charge in [-0.25, -0.2) is 4.79 Å². The van der Waals surface area contributed by atoms with E-state index >= 15 is 0 Å². The van der Waals surface area contributed by atoms with Gasteiger partial charge in [0.15, 0.2) is 12.4 Å². The molecular weight excluding hydrogens is 427 g/mol. The van der Waals surface area contributed by atoms with Crippen LogP contribution in [0.25, 0.3) is 11.1 Å². The first-order valence-electron chi connectivity index (χ1n) is 7.75. The van der Waals surface area contributed by atoms with Gasteiger partial charge in [0.1, 0.15) is 0 Å². The van der Waals surface area contributed by atoms with Crippen LogP contribution in [0.4, 0.5) is 0 Å². The fraction of sp³-hybridized carbons (Fsp3) is 0.0476. The molecule has 0 aliphatic carbocycles. The van der Waals surface area contributed by atoms with Crippen LogP contribution in [0, 0.1) is 3.57 Å². The second-order valence-corrected chi connectivity index (χ2v) is 6.70. The summed E-state index contributed by atoms with van der Waals surface area (Å²) in [5.74, 6) is -0.718. The van der Waals surface area contributed by atoms with Crippen LogP contribution in [-0.2, 0) is 4.74 Å². The molecule has 3 aromatic rings. The topological polar surface area (TPSA) is 43.4 Å². The van der Waals surface area contributed by atoms with Gasteiger partial charge in [0.2, 0.25) is 0 Å². The van der Waals surface area contributed by atoms with E-state index in [1.54, 1.807) is 24.3 Å². The van der Waals surface area contributed by atoms with Crippen molar-refractivity contribution in [1.82, 2.24) is 0 Å². The first-order valence-corrected chi connectivity index (χ1v) is 8.83. The molecule has 0 aromatic heterocycles. The molecule has 124 valence electrons. The van der Waals surface area contributed by atoms with Crippen molar-refractivity contribution in [1.29, 1.82) is 0 Å². The van der Waals surface area contributed by atoms with Crippen molar-refractivity contribution in [3.8, 4) is 11.1 Å². The first kappa shape index (κ1) is 17.4. The Morgan fingerprint density at radius 1 is 0.720 bits per heavy atom. The monoisotopic (exact) mass is 442 g/mol. The van der Waals surface area contributed by atoms with E-state index in [1.165, 1.54) is 0 Å². The number of carbonyl (C=O) groups excluding carboxylic acids is 2. The highest BCUT2D eigenvalue weighted by molar-refractivity contribution is 14.1. The molecule has 0 saturated heterocycles. The van der Waals surface area contributed by atoms with E-state index in [1.807, 2.05) is 54.6 Å². The van der Waals surface area contributed by atoms with Crippen LogP contribution in [0.15, 0.2) is 78.9 Å². The molecular formula is C21H15IO3. The van der Waals surface area contributed by atoms with Gasteiger partial charge in [-0.1, -0.05) is 54.6 Å². The van der Waals surface area contributed by atoms with Crippen molar-refractivity contribution in [3.05, 3.63) is 93.6 Å². The smallest absolute Gasteiger partial charge is 0.338 e. The Balaban J connectivity index is 1.61. The number of benzene rings is 3. The fourth-order valence-electron chi connectivity index (χ4n) is 2.36. The summed E-state index contributed by atoms with van der Waals surface area (Å²) in [4.78, 5) is 24.2. The van der Waals surface area contributed by atoms with E-state index in [0.717, 1.165) is 14.7 Å². The molecule has 0 radical (unpaired) electrons. The minimum absolute atomic E-state index is 0.224. The predicted octanol–water partition coefficient (Wildman–Crippen LogP) is 5.00. The average Bonchev–Trinajstić information content (AvgIpc) is 2.67. The SMILES string of the molecule is O=C(COC(=O)c1ccc(I)cc1)c1ccc(-c2ccccc2)cc1. The Hall–Kier alpha value is -2.47. The molecule has 0 fully saturated rings. The lowest BCUT2D eigenvalue weighted by Crippen LogP contribution is -2.14. The van der Waals surface area contributed by atoms with Gasteiger partial charge in [-0.05, 0) is 58.0 Å². The molecule has 0 N–H and O–H groups in total. The summed E-state index contributed by atoms with van der Waals surface area (Å²) in [6.45, 7) is -0.268. The first-order chi connectivity index (χ1) is 12.1. The molecule has 0 amide bonds. The number of Topliss-reactive ketones (excluding diaryl/α,β-unsaturated/α-hetero) is 1. The Morgan fingerprint density at radius 3 is 1.92 bits per heavy atom. The molecule has 0 heterocycles. The summed E-state index contributed by atoms with van der Waals surface area (Å²) >= 11 is 2.16. The Kier molecular flexibility index (Phi) is 5.60. The lowest BCUT2D eigenvalue weighted by atomic mass is 10.0. The maximum atomic E-state index is 12.2. The lowest BCUT2D eigenvalue weighted by molar-refractivity contribution is 0.0475.